The number of nitrogens with one attached hydrogen (secondary N) is 2. The lowest BCUT2D eigenvalue weighted by Crippen LogP contribution is -2.29. The summed E-state index contributed by atoms with van der Waals surface area (Å²) in [6, 6.07) is 10.1. The van der Waals surface area contributed by atoms with Crippen LogP contribution in [0.25, 0.3) is 0 Å². The average Bonchev–Trinajstić information content (AvgIpc) is 2.50. The van der Waals surface area contributed by atoms with E-state index in [2.05, 4.69) is 24.5 Å². The molecule has 1 atom stereocenters. The van der Waals surface area contributed by atoms with Crippen LogP contribution in [-0.4, -0.2) is 31.6 Å². The molecule has 0 radical (unpaired) electrons. The van der Waals surface area contributed by atoms with Crippen LogP contribution in [0.3, 0.4) is 0 Å². The Labute approximate surface area is 126 Å². The van der Waals surface area contributed by atoms with Crippen molar-refractivity contribution in [3.63, 3.8) is 0 Å². The fourth-order valence-electron chi connectivity index (χ4n) is 1.92. The third kappa shape index (κ3) is 7.33. The molecule has 0 aromatic heterocycles. The number of hydrogen-bond acceptors (Lipinski definition) is 4. The molecule has 114 valence electrons. The van der Waals surface area contributed by atoms with Gasteiger partial charge in [0.25, 0.3) is 5.91 Å². The fourth-order valence-corrected chi connectivity index (χ4v) is 1.92. The van der Waals surface area contributed by atoms with Gasteiger partial charge in [-0.1, -0.05) is 19.1 Å². The van der Waals surface area contributed by atoms with Crippen LogP contribution < -0.4 is 15.4 Å². The Balaban J connectivity index is 2.33. The molecule has 1 amide bonds. The lowest BCUT2D eigenvalue weighted by molar-refractivity contribution is -0.122. The Morgan fingerprint density at radius 1 is 1.38 bits per heavy atom. The van der Waals surface area contributed by atoms with Gasteiger partial charge in [-0.2, -0.15) is 5.26 Å². The van der Waals surface area contributed by atoms with E-state index in [4.69, 9.17) is 10.00 Å². The van der Waals surface area contributed by atoms with E-state index in [9.17, 15) is 4.79 Å². The Hall–Kier alpha value is -2.06. The van der Waals surface area contributed by atoms with Gasteiger partial charge in [0, 0.05) is 6.04 Å². The van der Waals surface area contributed by atoms with Crippen molar-refractivity contribution in [1.82, 2.24) is 10.6 Å². The number of nitrogens with zero attached hydrogens (tertiary/aromatic N) is 1. The summed E-state index contributed by atoms with van der Waals surface area (Å²) in [6.07, 6.45) is 2.10. The second-order valence-electron chi connectivity index (χ2n) is 4.86. The third-order valence-electron chi connectivity index (χ3n) is 3.08. The number of amides is 1. The molecular weight excluding hydrogens is 266 g/mol. The minimum Gasteiger partial charge on any atom is -0.484 e. The van der Waals surface area contributed by atoms with Crippen molar-refractivity contribution in [3.05, 3.63) is 29.8 Å². The van der Waals surface area contributed by atoms with E-state index in [1.54, 1.807) is 0 Å². The molecule has 0 saturated heterocycles. The summed E-state index contributed by atoms with van der Waals surface area (Å²) in [5.74, 6) is 0.366. The lowest BCUT2D eigenvalue weighted by Gasteiger charge is -2.12. The first kappa shape index (κ1) is 17.0. The van der Waals surface area contributed by atoms with E-state index in [-0.39, 0.29) is 19.1 Å². The standard InChI is InChI=1S/C16H23N3O2/c1-3-18-13(2)4-5-14-6-8-15(9-7-14)21-12-16(20)19-11-10-17/h6-9,13,18H,3-5,11-12H2,1-2H3,(H,19,20). The van der Waals surface area contributed by atoms with Crippen molar-refractivity contribution in [2.75, 3.05) is 19.7 Å². The first-order valence-electron chi connectivity index (χ1n) is 7.24. The van der Waals surface area contributed by atoms with Crippen molar-refractivity contribution in [2.45, 2.75) is 32.7 Å². The first-order chi connectivity index (χ1) is 10.2. The molecule has 5 heteroatoms. The van der Waals surface area contributed by atoms with Gasteiger partial charge >= 0.3 is 0 Å². The molecule has 1 aromatic carbocycles. The zero-order valence-electron chi connectivity index (χ0n) is 12.7. The van der Waals surface area contributed by atoms with Gasteiger partial charge in [0.1, 0.15) is 12.3 Å². The summed E-state index contributed by atoms with van der Waals surface area (Å²) in [5, 5.41) is 14.2. The minimum absolute atomic E-state index is 0.00507. The van der Waals surface area contributed by atoms with Crippen LogP contribution in [0.1, 0.15) is 25.8 Å². The molecule has 0 spiro atoms. The van der Waals surface area contributed by atoms with Gasteiger partial charge < -0.3 is 15.4 Å². The van der Waals surface area contributed by atoms with Gasteiger partial charge in [-0.3, -0.25) is 4.79 Å². The highest BCUT2D eigenvalue weighted by molar-refractivity contribution is 5.77. The molecule has 5 nitrogen and oxygen atoms in total. The van der Waals surface area contributed by atoms with E-state index in [0.717, 1.165) is 19.4 Å². The molecule has 1 aromatic rings. The van der Waals surface area contributed by atoms with Crippen molar-refractivity contribution in [1.29, 1.82) is 5.26 Å². The van der Waals surface area contributed by atoms with E-state index in [0.29, 0.717) is 11.8 Å². The SMILES string of the molecule is CCNC(C)CCc1ccc(OCC(=O)NCC#N)cc1. The molecule has 0 aliphatic carbocycles. The second kappa shape index (κ2) is 9.78. The summed E-state index contributed by atoms with van der Waals surface area (Å²) in [5.41, 5.74) is 1.25. The van der Waals surface area contributed by atoms with Crippen molar-refractivity contribution < 1.29 is 9.53 Å². The predicted molar refractivity (Wildman–Crippen MR) is 82.0 cm³/mol. The van der Waals surface area contributed by atoms with Gasteiger partial charge in [-0.05, 0) is 44.0 Å². The van der Waals surface area contributed by atoms with Crippen LogP contribution >= 0.6 is 0 Å². The molecular formula is C16H23N3O2. The van der Waals surface area contributed by atoms with Crippen LogP contribution in [0.4, 0.5) is 0 Å². The Morgan fingerprint density at radius 2 is 2.10 bits per heavy atom. The topological polar surface area (TPSA) is 74.2 Å². The molecule has 0 saturated carbocycles. The number of benzene rings is 1. The zero-order chi connectivity index (χ0) is 15.5. The molecule has 0 bridgehead atoms. The summed E-state index contributed by atoms with van der Waals surface area (Å²) in [4.78, 5) is 11.3. The first-order valence-corrected chi connectivity index (χ1v) is 7.24. The Kier molecular flexibility index (Phi) is 7.92. The smallest absolute Gasteiger partial charge is 0.258 e. The van der Waals surface area contributed by atoms with Gasteiger partial charge in [-0.25, -0.2) is 0 Å². The third-order valence-corrected chi connectivity index (χ3v) is 3.08. The summed E-state index contributed by atoms with van der Waals surface area (Å²) >= 11 is 0. The van der Waals surface area contributed by atoms with Gasteiger partial charge in [-0.15, -0.1) is 0 Å². The van der Waals surface area contributed by atoms with Crippen LogP contribution in [-0.2, 0) is 11.2 Å². The monoisotopic (exact) mass is 289 g/mol. The molecule has 0 heterocycles. The number of carbonyl (C=O) groups is 1. The molecule has 21 heavy (non-hydrogen) atoms. The van der Waals surface area contributed by atoms with E-state index in [1.165, 1.54) is 5.56 Å². The molecule has 2 N–H and O–H groups in total. The minimum atomic E-state index is -0.292. The quantitative estimate of drug-likeness (QED) is 0.678. The molecule has 0 fully saturated rings. The largest absolute Gasteiger partial charge is 0.484 e. The highest BCUT2D eigenvalue weighted by Gasteiger charge is 2.03. The highest BCUT2D eigenvalue weighted by Crippen LogP contribution is 2.13. The number of carbonyl (C=O) groups excluding carboxylic acids is 1. The van der Waals surface area contributed by atoms with Crippen molar-refractivity contribution >= 4 is 5.91 Å². The number of hydrogen-bond donors (Lipinski definition) is 2. The summed E-state index contributed by atoms with van der Waals surface area (Å²) in [7, 11) is 0. The maximum atomic E-state index is 11.3. The van der Waals surface area contributed by atoms with E-state index < -0.39 is 0 Å². The fraction of sp³-hybridized carbons (Fsp3) is 0.500. The van der Waals surface area contributed by atoms with Gasteiger partial charge in [0.15, 0.2) is 6.61 Å². The highest BCUT2D eigenvalue weighted by atomic mass is 16.5. The maximum Gasteiger partial charge on any atom is 0.258 e. The Morgan fingerprint density at radius 3 is 2.71 bits per heavy atom. The van der Waals surface area contributed by atoms with Crippen LogP contribution in [0.5, 0.6) is 5.75 Å². The predicted octanol–water partition coefficient (Wildman–Crippen LogP) is 1.64. The summed E-state index contributed by atoms with van der Waals surface area (Å²) in [6.45, 7) is 5.21. The van der Waals surface area contributed by atoms with Crippen LogP contribution in [0.2, 0.25) is 0 Å². The van der Waals surface area contributed by atoms with Crippen LogP contribution in [0, 0.1) is 11.3 Å². The number of aryl methyl sites for hydroxylation is 1. The molecule has 1 unspecified atom stereocenters. The lowest BCUT2D eigenvalue weighted by atomic mass is 10.1. The number of nitriles is 1. The molecule has 1 rings (SSSR count). The summed E-state index contributed by atoms with van der Waals surface area (Å²) < 4.78 is 5.35. The molecule has 0 aliphatic rings. The second-order valence-corrected chi connectivity index (χ2v) is 4.86. The number of ether oxygens (including phenoxy) is 1. The number of rotatable bonds is 9. The van der Waals surface area contributed by atoms with Gasteiger partial charge in [0.2, 0.25) is 0 Å². The normalized spacial score (nSPS) is 11.5. The van der Waals surface area contributed by atoms with Crippen molar-refractivity contribution in [3.8, 4) is 11.8 Å². The Bertz CT molecular complexity index is 465. The molecule has 0 aliphatic heterocycles. The zero-order valence-corrected chi connectivity index (χ0v) is 12.7. The van der Waals surface area contributed by atoms with Crippen LogP contribution in [0.15, 0.2) is 24.3 Å². The van der Waals surface area contributed by atoms with E-state index in [1.807, 2.05) is 30.3 Å². The maximum absolute atomic E-state index is 11.3. The van der Waals surface area contributed by atoms with Gasteiger partial charge in [0.05, 0.1) is 6.07 Å². The average molecular weight is 289 g/mol. The van der Waals surface area contributed by atoms with E-state index >= 15 is 0 Å². The van der Waals surface area contributed by atoms with Crippen molar-refractivity contribution in [2.24, 2.45) is 0 Å².